The lowest BCUT2D eigenvalue weighted by Crippen LogP contribution is -2.16. The Hall–Kier alpha value is 1.05. The van der Waals surface area contributed by atoms with Gasteiger partial charge in [-0.2, -0.15) is 0 Å². The van der Waals surface area contributed by atoms with Crippen molar-refractivity contribution in [3.8, 4) is 0 Å². The molecule has 2 nitrogen and oxygen atoms in total. The second-order valence-electron chi connectivity index (χ2n) is 6.51. The smallest absolute Gasteiger partial charge is 0.198 e. The quantitative estimate of drug-likeness (QED) is 0.241. The summed E-state index contributed by atoms with van der Waals surface area (Å²) in [5.74, 6) is 3.03. The van der Waals surface area contributed by atoms with Crippen LogP contribution in [-0.4, -0.2) is 21.3 Å². The molecule has 0 aliphatic carbocycles. The fourth-order valence-corrected chi connectivity index (χ4v) is 8.69. The largest absolute Gasteiger partial charge is 0.341 e. The van der Waals surface area contributed by atoms with E-state index in [9.17, 15) is 9.79 Å². The van der Waals surface area contributed by atoms with Crippen LogP contribution in [0.3, 0.4) is 0 Å². The zero-order valence-electron chi connectivity index (χ0n) is 14.4. The predicted octanol–water partition coefficient (Wildman–Crippen LogP) is 5.63. The van der Waals surface area contributed by atoms with E-state index in [0.29, 0.717) is 11.8 Å². The topological polar surface area (TPSA) is 40.5 Å². The van der Waals surface area contributed by atoms with Gasteiger partial charge in [-0.1, -0.05) is 78.5 Å². The minimum atomic E-state index is -2.99. The summed E-state index contributed by atoms with van der Waals surface area (Å²) in [6, 6.07) is 0. The fraction of sp³-hybridized carbons (Fsp3) is 1.00. The highest BCUT2D eigenvalue weighted by atomic mass is 32.9. The van der Waals surface area contributed by atoms with E-state index in [-0.39, 0.29) is 10.1 Å². The van der Waals surface area contributed by atoms with Gasteiger partial charge in [-0.05, 0) is 36.2 Å². The molecule has 0 saturated carbocycles. The Bertz CT molecular complexity index is 287. The van der Waals surface area contributed by atoms with Crippen LogP contribution in [0.2, 0.25) is 0 Å². The second-order valence-corrected chi connectivity index (χ2v) is 14.7. The molecule has 0 rings (SSSR count). The van der Waals surface area contributed by atoms with Crippen molar-refractivity contribution in [3.63, 3.8) is 0 Å². The summed E-state index contributed by atoms with van der Waals surface area (Å²) in [6.07, 6.45) is 9.99. The number of thiol groups is 1. The van der Waals surface area contributed by atoms with Gasteiger partial charge < -0.3 is 9.79 Å². The first-order valence-electron chi connectivity index (χ1n) is 8.56. The molecule has 2 unspecified atom stereocenters. The van der Waals surface area contributed by atoms with Crippen molar-refractivity contribution in [2.24, 2.45) is 11.8 Å². The lowest BCUT2D eigenvalue weighted by molar-refractivity contribution is 0.499. The highest BCUT2D eigenvalue weighted by Crippen LogP contribution is 2.48. The van der Waals surface area contributed by atoms with Gasteiger partial charge in [-0.15, -0.1) is 10.1 Å². The fourth-order valence-electron chi connectivity index (χ4n) is 2.58. The number of rotatable bonds is 12. The summed E-state index contributed by atoms with van der Waals surface area (Å²) >= 11 is 4.15. The van der Waals surface area contributed by atoms with Crippen molar-refractivity contribution in [1.29, 1.82) is 0 Å². The molecule has 0 amide bonds. The van der Waals surface area contributed by atoms with Crippen LogP contribution in [-0.2, 0) is 10.1 Å². The molecule has 0 aliphatic heterocycles. The molecule has 5 heteroatoms. The molecule has 0 aromatic carbocycles. The van der Waals surface area contributed by atoms with Crippen molar-refractivity contribution in [2.75, 3.05) is 11.5 Å². The van der Waals surface area contributed by atoms with Gasteiger partial charge in [0.1, 0.15) is 0 Å². The minimum Gasteiger partial charge on any atom is -0.341 e. The first-order valence-corrected chi connectivity index (χ1v) is 13.6. The third-order valence-corrected chi connectivity index (χ3v) is 11.6. The lowest BCUT2D eigenvalue weighted by atomic mass is 10.1. The number of unbranched alkanes of at least 4 members (excludes halogenated alkanes) is 4. The van der Waals surface area contributed by atoms with Gasteiger partial charge in [0.05, 0.1) is 0 Å². The van der Waals surface area contributed by atoms with E-state index in [1.54, 1.807) is 0 Å². The molecular formula is C16H37O2PS2. The maximum atomic E-state index is 10.1. The van der Waals surface area contributed by atoms with Crippen LogP contribution >= 0.6 is 17.9 Å². The van der Waals surface area contributed by atoms with Gasteiger partial charge in [-0.3, -0.25) is 0 Å². The maximum absolute atomic E-state index is 10.1. The van der Waals surface area contributed by atoms with E-state index in [0.717, 1.165) is 11.5 Å². The molecule has 0 spiro atoms. The Balaban J connectivity index is 4.42. The maximum Gasteiger partial charge on any atom is 0.198 e. The Morgan fingerprint density at radius 3 is 1.52 bits per heavy atom. The molecule has 0 fully saturated rings. The van der Waals surface area contributed by atoms with Crippen LogP contribution in [0.15, 0.2) is 0 Å². The van der Waals surface area contributed by atoms with E-state index < -0.39 is 5.69 Å². The molecule has 130 valence electrons. The Labute approximate surface area is 140 Å². The van der Waals surface area contributed by atoms with Crippen LogP contribution in [0.4, 0.5) is 0 Å². The molecule has 0 bridgehead atoms. The average molecular weight is 357 g/mol. The van der Waals surface area contributed by atoms with Crippen LogP contribution in [0.25, 0.3) is 0 Å². The highest BCUT2D eigenvalue weighted by molar-refractivity contribution is 8.65. The summed E-state index contributed by atoms with van der Waals surface area (Å²) in [5, 5.41) is 0. The van der Waals surface area contributed by atoms with E-state index in [2.05, 4.69) is 39.9 Å². The first kappa shape index (κ1) is 22.1. The summed E-state index contributed by atoms with van der Waals surface area (Å²) in [6.45, 7) is 8.94. The molecule has 0 aromatic rings. The second kappa shape index (κ2) is 12.5. The van der Waals surface area contributed by atoms with E-state index in [1.807, 2.05) is 0 Å². The zero-order chi connectivity index (χ0) is 16.3. The van der Waals surface area contributed by atoms with Crippen LogP contribution in [0, 0.1) is 11.8 Å². The summed E-state index contributed by atoms with van der Waals surface area (Å²) in [4.78, 5) is 20.1. The minimum absolute atomic E-state index is 0.326. The van der Waals surface area contributed by atoms with Crippen LogP contribution in [0.5, 0.6) is 0 Å². The van der Waals surface area contributed by atoms with Crippen molar-refractivity contribution in [1.82, 2.24) is 0 Å². The van der Waals surface area contributed by atoms with Gasteiger partial charge in [0.15, 0.2) is 5.69 Å². The van der Waals surface area contributed by atoms with Crippen LogP contribution in [0.1, 0.15) is 79.1 Å². The van der Waals surface area contributed by atoms with Crippen molar-refractivity contribution in [3.05, 3.63) is 0 Å². The van der Waals surface area contributed by atoms with Gasteiger partial charge >= 0.3 is 0 Å². The monoisotopic (exact) mass is 356 g/mol. The predicted molar refractivity (Wildman–Crippen MR) is 104 cm³/mol. The van der Waals surface area contributed by atoms with Crippen LogP contribution < -0.4 is 0 Å². The van der Waals surface area contributed by atoms with Crippen molar-refractivity contribution < 1.29 is 9.79 Å². The molecule has 0 aromatic heterocycles. The first-order chi connectivity index (χ1) is 9.81. The average Bonchev–Trinajstić information content (AvgIpc) is 2.37. The van der Waals surface area contributed by atoms with E-state index >= 15 is 0 Å². The third-order valence-electron chi connectivity index (χ3n) is 3.90. The standard InChI is InChI=1S/C16H37O2PS2/c1-5-7-9-11-15(3)13-21(19(17,18)20)14-16(4)12-10-8-6-2/h15-18,20H,5-14H2,1-4H3. The Morgan fingerprint density at radius 2 is 1.24 bits per heavy atom. The summed E-state index contributed by atoms with van der Waals surface area (Å²) in [5.41, 5.74) is -2.99. The Kier molecular flexibility index (Phi) is 13.1. The molecule has 2 N–H and O–H groups in total. The SMILES string of the molecule is CCCCCC(C)CS(CC(C)CCCCC)=P(O)(O)S. The summed E-state index contributed by atoms with van der Waals surface area (Å²) < 4.78 is 0. The van der Waals surface area contributed by atoms with E-state index in [4.69, 9.17) is 0 Å². The van der Waals surface area contributed by atoms with E-state index in [1.165, 1.54) is 51.4 Å². The lowest BCUT2D eigenvalue weighted by Gasteiger charge is -2.23. The molecule has 0 saturated heterocycles. The zero-order valence-corrected chi connectivity index (χ0v) is 17.0. The van der Waals surface area contributed by atoms with Crippen molar-refractivity contribution >= 4 is 28.0 Å². The van der Waals surface area contributed by atoms with Gasteiger partial charge in [0, 0.05) is 0 Å². The molecule has 21 heavy (non-hydrogen) atoms. The number of hydrogen-bond acceptors (Lipinski definition) is 0. The molecule has 2 atom stereocenters. The molecule has 0 aliphatic rings. The Morgan fingerprint density at radius 1 is 0.857 bits per heavy atom. The molecule has 0 radical (unpaired) electrons. The van der Waals surface area contributed by atoms with Gasteiger partial charge in [0.2, 0.25) is 0 Å². The third kappa shape index (κ3) is 12.2. The number of hydrogen-bond donors (Lipinski definition) is 3. The van der Waals surface area contributed by atoms with Gasteiger partial charge in [0.25, 0.3) is 0 Å². The molecular weight excluding hydrogens is 319 g/mol. The normalized spacial score (nSPS) is 16.7. The molecule has 0 heterocycles. The summed E-state index contributed by atoms with van der Waals surface area (Å²) in [7, 11) is -0.326. The highest BCUT2D eigenvalue weighted by Gasteiger charge is 2.17. The van der Waals surface area contributed by atoms with Crippen molar-refractivity contribution in [2.45, 2.75) is 79.1 Å². The van der Waals surface area contributed by atoms with Gasteiger partial charge in [-0.25, -0.2) is 0 Å².